The van der Waals surface area contributed by atoms with Crippen LogP contribution in [-0.4, -0.2) is 47.1 Å². The number of hydrogen-bond acceptors (Lipinski definition) is 6. The fourth-order valence-corrected chi connectivity index (χ4v) is 5.67. The average molecular weight is 439 g/mol. The molecule has 2 heterocycles. The third kappa shape index (κ3) is 5.81. The van der Waals surface area contributed by atoms with E-state index in [-0.39, 0.29) is 48.2 Å². The summed E-state index contributed by atoms with van der Waals surface area (Å²) in [5, 5.41) is 9.95. The summed E-state index contributed by atoms with van der Waals surface area (Å²) in [5.74, 6) is 0.524. The molecule has 1 saturated carbocycles. The van der Waals surface area contributed by atoms with E-state index in [1.807, 2.05) is 20.8 Å². The summed E-state index contributed by atoms with van der Waals surface area (Å²) < 4.78 is 18.2. The molecule has 0 amide bonds. The molecule has 3 fully saturated rings. The molecule has 0 aromatic rings. The van der Waals surface area contributed by atoms with Crippen LogP contribution in [0.25, 0.3) is 0 Å². The van der Waals surface area contributed by atoms with Crippen molar-refractivity contribution < 1.29 is 28.9 Å². The molecule has 3 aliphatic rings. The third-order valence-corrected chi connectivity index (χ3v) is 7.91. The third-order valence-electron chi connectivity index (χ3n) is 7.91. The number of carbonyl (C=O) groups is 2. The van der Waals surface area contributed by atoms with Gasteiger partial charge in [0, 0.05) is 18.8 Å². The van der Waals surface area contributed by atoms with E-state index in [9.17, 15) is 14.7 Å². The van der Waals surface area contributed by atoms with Gasteiger partial charge in [-0.2, -0.15) is 0 Å². The average Bonchev–Trinajstić information content (AvgIpc) is 2.66. The Morgan fingerprint density at radius 1 is 1.26 bits per heavy atom. The van der Waals surface area contributed by atoms with Gasteiger partial charge in [-0.05, 0) is 71.6 Å². The van der Waals surface area contributed by atoms with E-state index in [4.69, 9.17) is 14.2 Å². The van der Waals surface area contributed by atoms with Crippen LogP contribution in [0, 0.1) is 23.2 Å². The minimum absolute atomic E-state index is 0.0759. The van der Waals surface area contributed by atoms with Gasteiger partial charge < -0.3 is 19.3 Å². The Labute approximate surface area is 187 Å². The second-order valence-corrected chi connectivity index (χ2v) is 11.4. The van der Waals surface area contributed by atoms with Crippen molar-refractivity contribution in [3.8, 4) is 0 Å². The molecule has 2 aliphatic heterocycles. The summed E-state index contributed by atoms with van der Waals surface area (Å²) >= 11 is 0. The molecule has 3 rings (SSSR count). The molecule has 1 aliphatic carbocycles. The summed E-state index contributed by atoms with van der Waals surface area (Å²) in [5.41, 5.74) is -0.823. The van der Waals surface area contributed by atoms with Gasteiger partial charge >= 0.3 is 11.9 Å². The zero-order chi connectivity index (χ0) is 23.0. The van der Waals surface area contributed by atoms with Crippen LogP contribution < -0.4 is 0 Å². The highest BCUT2D eigenvalue weighted by atomic mass is 16.6. The first kappa shape index (κ1) is 24.5. The van der Waals surface area contributed by atoms with Gasteiger partial charge in [0.25, 0.3) is 0 Å². The Hall–Kier alpha value is -1.14. The van der Waals surface area contributed by atoms with Crippen molar-refractivity contribution in [3.63, 3.8) is 0 Å². The summed E-state index contributed by atoms with van der Waals surface area (Å²) in [6.45, 7) is 12.4. The van der Waals surface area contributed by atoms with Crippen molar-refractivity contribution in [2.45, 2.75) is 123 Å². The van der Waals surface area contributed by atoms with Crippen LogP contribution in [0.3, 0.4) is 0 Å². The van der Waals surface area contributed by atoms with Gasteiger partial charge in [0.15, 0.2) is 0 Å². The van der Waals surface area contributed by atoms with E-state index >= 15 is 0 Å². The van der Waals surface area contributed by atoms with E-state index < -0.39 is 11.5 Å². The second-order valence-electron chi connectivity index (χ2n) is 11.4. The van der Waals surface area contributed by atoms with E-state index in [2.05, 4.69) is 20.8 Å². The van der Waals surface area contributed by atoms with Gasteiger partial charge in [0.1, 0.15) is 12.2 Å². The fraction of sp³-hybridized carbons (Fsp3) is 0.920. The Morgan fingerprint density at radius 3 is 2.61 bits per heavy atom. The predicted molar refractivity (Wildman–Crippen MR) is 117 cm³/mol. The number of rotatable bonds is 6. The lowest BCUT2D eigenvalue weighted by Crippen LogP contribution is -2.56. The molecular weight excluding hydrogens is 396 g/mol. The van der Waals surface area contributed by atoms with Crippen LogP contribution in [0.15, 0.2) is 0 Å². The predicted octanol–water partition coefficient (Wildman–Crippen LogP) is 4.41. The van der Waals surface area contributed by atoms with Crippen molar-refractivity contribution >= 4 is 11.9 Å². The Bertz CT molecular complexity index is 656. The number of fused-ring (bicyclic) bond motifs is 1. The van der Waals surface area contributed by atoms with Crippen molar-refractivity contribution in [3.05, 3.63) is 0 Å². The lowest BCUT2D eigenvalue weighted by molar-refractivity contribution is -0.224. The molecule has 0 spiro atoms. The molecule has 31 heavy (non-hydrogen) atoms. The van der Waals surface area contributed by atoms with Gasteiger partial charge in [0.05, 0.1) is 29.6 Å². The minimum atomic E-state index is -0.605. The zero-order valence-corrected chi connectivity index (χ0v) is 20.2. The van der Waals surface area contributed by atoms with Crippen LogP contribution >= 0.6 is 0 Å². The molecule has 1 N–H and O–H groups in total. The van der Waals surface area contributed by atoms with Gasteiger partial charge in [0.2, 0.25) is 0 Å². The molecular formula is C25H42O6. The van der Waals surface area contributed by atoms with Crippen molar-refractivity contribution in [2.75, 3.05) is 0 Å². The number of aliphatic hydroxyl groups is 1. The summed E-state index contributed by atoms with van der Waals surface area (Å²) in [4.78, 5) is 24.7. The van der Waals surface area contributed by atoms with E-state index in [0.717, 1.165) is 32.1 Å². The number of ether oxygens (including phenoxy) is 3. The molecule has 1 unspecified atom stereocenters. The lowest BCUT2D eigenvalue weighted by Gasteiger charge is -2.52. The number of carbonyl (C=O) groups excluding carboxylic acids is 2. The Balaban J connectivity index is 1.76. The first-order valence-electron chi connectivity index (χ1n) is 12.2. The quantitative estimate of drug-likeness (QED) is 0.619. The van der Waals surface area contributed by atoms with Crippen LogP contribution in [-0.2, 0) is 23.8 Å². The summed E-state index contributed by atoms with van der Waals surface area (Å²) in [6.07, 6.45) is 4.77. The van der Waals surface area contributed by atoms with Crippen molar-refractivity contribution in [2.24, 2.45) is 23.2 Å². The van der Waals surface area contributed by atoms with Crippen LogP contribution in [0.4, 0.5) is 0 Å². The van der Waals surface area contributed by atoms with Crippen LogP contribution in [0.2, 0.25) is 0 Å². The first-order valence-corrected chi connectivity index (χ1v) is 12.2. The first-order chi connectivity index (χ1) is 14.4. The summed E-state index contributed by atoms with van der Waals surface area (Å²) in [7, 11) is 0. The molecule has 2 saturated heterocycles. The topological polar surface area (TPSA) is 82.1 Å². The minimum Gasteiger partial charge on any atom is -0.462 e. The summed E-state index contributed by atoms with van der Waals surface area (Å²) in [6, 6.07) is 0. The van der Waals surface area contributed by atoms with E-state index in [1.165, 1.54) is 0 Å². The zero-order valence-electron chi connectivity index (χ0n) is 20.2. The van der Waals surface area contributed by atoms with Crippen molar-refractivity contribution in [1.29, 1.82) is 0 Å². The van der Waals surface area contributed by atoms with Gasteiger partial charge in [-0.1, -0.05) is 13.8 Å². The smallest absolute Gasteiger partial charge is 0.311 e. The molecule has 0 aromatic heterocycles. The second kappa shape index (κ2) is 9.38. The molecule has 7 atom stereocenters. The number of hydrogen-bond donors (Lipinski definition) is 1. The van der Waals surface area contributed by atoms with E-state index in [1.54, 1.807) is 0 Å². The van der Waals surface area contributed by atoms with Gasteiger partial charge in [-0.25, -0.2) is 0 Å². The van der Waals surface area contributed by atoms with Crippen LogP contribution in [0.5, 0.6) is 0 Å². The number of esters is 2. The molecule has 178 valence electrons. The Kier molecular flexibility index (Phi) is 7.42. The largest absolute Gasteiger partial charge is 0.462 e. The highest BCUT2D eigenvalue weighted by Gasteiger charge is 2.51. The highest BCUT2D eigenvalue weighted by Crippen LogP contribution is 2.48. The highest BCUT2D eigenvalue weighted by molar-refractivity contribution is 5.76. The maximum absolute atomic E-state index is 13.0. The van der Waals surface area contributed by atoms with Gasteiger partial charge in [-0.15, -0.1) is 0 Å². The maximum Gasteiger partial charge on any atom is 0.311 e. The molecule has 6 heteroatoms. The fourth-order valence-electron chi connectivity index (χ4n) is 5.67. The number of cyclic esters (lactones) is 1. The Morgan fingerprint density at radius 2 is 1.97 bits per heavy atom. The standard InChI is InChI=1S/C25H42O6/c1-7-24(3,4)23(28)30-20-14-25(5,6)31-19-11-8-15(2)18(22(19)20)10-9-17-12-16(26)13-21(27)29-17/h15-20,22,26H,7-14H2,1-6H3/t15-,16+,17+,18-,19+,20-,22?/m0/s1. The van der Waals surface area contributed by atoms with Crippen molar-refractivity contribution in [1.82, 2.24) is 0 Å². The van der Waals surface area contributed by atoms with Crippen LogP contribution in [0.1, 0.15) is 92.9 Å². The van der Waals surface area contributed by atoms with E-state index in [0.29, 0.717) is 24.7 Å². The molecule has 0 radical (unpaired) electrons. The molecule has 0 aromatic carbocycles. The SMILES string of the molecule is CCC(C)(C)C(=O)O[C@H]1CC(C)(C)O[C@@H]2CC[C@H](C)[C@H](CC[C@@H]3C[C@@H](O)CC(=O)O3)C12. The molecule has 6 nitrogen and oxygen atoms in total. The van der Waals surface area contributed by atoms with Gasteiger partial charge in [-0.3, -0.25) is 9.59 Å². The molecule has 0 bridgehead atoms. The normalized spacial score (nSPS) is 38.2. The number of aliphatic hydroxyl groups excluding tert-OH is 1. The lowest BCUT2D eigenvalue weighted by atomic mass is 9.64. The monoisotopic (exact) mass is 438 g/mol. The maximum atomic E-state index is 13.0.